The van der Waals surface area contributed by atoms with Gasteiger partial charge in [-0.25, -0.2) is 0 Å². The van der Waals surface area contributed by atoms with Crippen LogP contribution in [0.25, 0.3) is 0 Å². The quantitative estimate of drug-likeness (QED) is 0.683. The predicted molar refractivity (Wildman–Crippen MR) is 80.1 cm³/mol. The smallest absolute Gasteiger partial charge is 0.0879 e. The Kier molecular flexibility index (Phi) is 3.52. The standard InChI is InChI=1S/C17H18N2O/c1-13-16(18-20)12-19(13)17(14-8-4-2-5-9-14)15-10-6-3-7-11-15/h2-11,13,17,20H,12H2,1H3/b18-16+. The molecule has 1 saturated heterocycles. The predicted octanol–water partition coefficient (Wildman–Crippen LogP) is 3.31. The Morgan fingerprint density at radius 2 is 1.50 bits per heavy atom. The number of likely N-dealkylation sites (tertiary alicyclic amines) is 1. The molecule has 1 heterocycles. The fourth-order valence-corrected chi connectivity index (χ4v) is 2.81. The number of nitrogens with zero attached hydrogens (tertiary/aromatic N) is 2. The van der Waals surface area contributed by atoms with Crippen molar-refractivity contribution in [1.82, 2.24) is 4.90 Å². The molecule has 0 spiro atoms. The summed E-state index contributed by atoms with van der Waals surface area (Å²) in [6, 6.07) is 21.3. The van der Waals surface area contributed by atoms with Gasteiger partial charge in [-0.1, -0.05) is 65.8 Å². The molecule has 3 nitrogen and oxygen atoms in total. The minimum absolute atomic E-state index is 0.172. The van der Waals surface area contributed by atoms with Crippen molar-refractivity contribution in [2.24, 2.45) is 5.16 Å². The lowest BCUT2D eigenvalue weighted by atomic mass is 9.90. The third-order valence-corrected chi connectivity index (χ3v) is 4.01. The van der Waals surface area contributed by atoms with E-state index in [0.29, 0.717) is 6.54 Å². The topological polar surface area (TPSA) is 35.8 Å². The van der Waals surface area contributed by atoms with Crippen LogP contribution in [0.3, 0.4) is 0 Å². The van der Waals surface area contributed by atoms with Crippen LogP contribution in [0, 0.1) is 0 Å². The summed E-state index contributed by atoms with van der Waals surface area (Å²) in [6.07, 6.45) is 0. The monoisotopic (exact) mass is 266 g/mol. The first-order chi connectivity index (χ1) is 9.81. The Morgan fingerprint density at radius 3 is 1.90 bits per heavy atom. The molecule has 0 aliphatic carbocycles. The molecular weight excluding hydrogens is 248 g/mol. The summed E-state index contributed by atoms with van der Waals surface area (Å²) in [6.45, 7) is 2.80. The first kappa shape index (κ1) is 12.9. The highest BCUT2D eigenvalue weighted by Gasteiger charge is 2.38. The first-order valence-electron chi connectivity index (χ1n) is 6.87. The van der Waals surface area contributed by atoms with E-state index in [9.17, 15) is 0 Å². The van der Waals surface area contributed by atoms with E-state index in [4.69, 9.17) is 5.21 Å². The molecule has 1 atom stereocenters. The van der Waals surface area contributed by atoms with Crippen molar-refractivity contribution >= 4 is 5.71 Å². The number of rotatable bonds is 3. The van der Waals surface area contributed by atoms with Crippen molar-refractivity contribution in [1.29, 1.82) is 0 Å². The van der Waals surface area contributed by atoms with Crippen LogP contribution in [0.1, 0.15) is 24.1 Å². The van der Waals surface area contributed by atoms with Crippen LogP contribution in [0.5, 0.6) is 0 Å². The van der Waals surface area contributed by atoms with Crippen LogP contribution in [0.15, 0.2) is 65.8 Å². The molecule has 1 fully saturated rings. The number of benzene rings is 2. The van der Waals surface area contributed by atoms with Gasteiger partial charge in [0.2, 0.25) is 0 Å². The Bertz CT molecular complexity index is 555. The number of hydrogen-bond acceptors (Lipinski definition) is 3. The highest BCUT2D eigenvalue weighted by molar-refractivity contribution is 5.95. The molecule has 0 radical (unpaired) electrons. The second-order valence-corrected chi connectivity index (χ2v) is 5.16. The van der Waals surface area contributed by atoms with Gasteiger partial charge in [0.15, 0.2) is 0 Å². The van der Waals surface area contributed by atoms with E-state index >= 15 is 0 Å². The van der Waals surface area contributed by atoms with Crippen LogP contribution < -0.4 is 0 Å². The molecule has 0 bridgehead atoms. The van der Waals surface area contributed by atoms with E-state index in [0.717, 1.165) is 5.71 Å². The van der Waals surface area contributed by atoms with Gasteiger partial charge in [-0.15, -0.1) is 0 Å². The SMILES string of the molecule is CC1/C(=N/O)CN1C(c1ccccc1)c1ccccc1. The van der Waals surface area contributed by atoms with Crippen molar-refractivity contribution in [3.05, 3.63) is 71.8 Å². The second-order valence-electron chi connectivity index (χ2n) is 5.16. The maximum atomic E-state index is 8.96. The lowest BCUT2D eigenvalue weighted by Gasteiger charge is -2.45. The molecule has 20 heavy (non-hydrogen) atoms. The van der Waals surface area contributed by atoms with Crippen molar-refractivity contribution in [2.45, 2.75) is 19.0 Å². The number of hydrogen-bond donors (Lipinski definition) is 1. The van der Waals surface area contributed by atoms with Gasteiger partial charge in [0.1, 0.15) is 0 Å². The van der Waals surface area contributed by atoms with Gasteiger partial charge in [-0.3, -0.25) is 4.90 Å². The van der Waals surface area contributed by atoms with Gasteiger partial charge < -0.3 is 5.21 Å². The first-order valence-corrected chi connectivity index (χ1v) is 6.87. The van der Waals surface area contributed by atoms with Crippen LogP contribution in [0.4, 0.5) is 0 Å². The van der Waals surface area contributed by atoms with Crippen molar-refractivity contribution in [2.75, 3.05) is 6.54 Å². The Balaban J connectivity index is 1.98. The average Bonchev–Trinajstić information content (AvgIpc) is 2.52. The maximum Gasteiger partial charge on any atom is 0.0879 e. The molecule has 1 unspecified atom stereocenters. The Morgan fingerprint density at radius 1 is 1.00 bits per heavy atom. The Hall–Kier alpha value is -2.13. The minimum atomic E-state index is 0.172. The second kappa shape index (κ2) is 5.47. The van der Waals surface area contributed by atoms with E-state index in [1.807, 2.05) is 12.1 Å². The zero-order valence-electron chi connectivity index (χ0n) is 11.5. The maximum absolute atomic E-state index is 8.96. The van der Waals surface area contributed by atoms with E-state index in [1.165, 1.54) is 11.1 Å². The van der Waals surface area contributed by atoms with Gasteiger partial charge >= 0.3 is 0 Å². The summed E-state index contributed by atoms with van der Waals surface area (Å²) in [4.78, 5) is 2.35. The Labute approximate surface area is 119 Å². The molecule has 0 saturated carbocycles. The highest BCUT2D eigenvalue weighted by Crippen LogP contribution is 2.34. The van der Waals surface area contributed by atoms with E-state index in [1.54, 1.807) is 0 Å². The molecule has 1 aliphatic rings. The lowest BCUT2D eigenvalue weighted by molar-refractivity contribution is 0.175. The van der Waals surface area contributed by atoms with E-state index in [2.05, 4.69) is 65.5 Å². The van der Waals surface area contributed by atoms with Crippen LogP contribution in [0.2, 0.25) is 0 Å². The van der Waals surface area contributed by atoms with Crippen LogP contribution >= 0.6 is 0 Å². The van der Waals surface area contributed by atoms with Gasteiger partial charge in [0, 0.05) is 6.54 Å². The third-order valence-electron chi connectivity index (χ3n) is 4.01. The highest BCUT2D eigenvalue weighted by atomic mass is 16.4. The van der Waals surface area contributed by atoms with Crippen molar-refractivity contribution < 1.29 is 5.21 Å². The molecule has 3 heteroatoms. The molecule has 2 aromatic rings. The normalized spacial score (nSPS) is 21.1. The summed E-state index contributed by atoms with van der Waals surface area (Å²) in [5, 5.41) is 12.3. The summed E-state index contributed by atoms with van der Waals surface area (Å²) >= 11 is 0. The summed E-state index contributed by atoms with van der Waals surface area (Å²) < 4.78 is 0. The average molecular weight is 266 g/mol. The summed E-state index contributed by atoms with van der Waals surface area (Å²) in [5.74, 6) is 0. The van der Waals surface area contributed by atoms with Gasteiger partial charge in [0.05, 0.1) is 17.8 Å². The molecule has 0 amide bonds. The zero-order chi connectivity index (χ0) is 13.9. The third kappa shape index (κ3) is 2.21. The molecule has 1 N–H and O–H groups in total. The molecule has 2 aromatic carbocycles. The largest absolute Gasteiger partial charge is 0.411 e. The van der Waals surface area contributed by atoms with Gasteiger partial charge in [-0.05, 0) is 18.1 Å². The summed E-state index contributed by atoms with van der Waals surface area (Å²) in [5.41, 5.74) is 3.38. The van der Waals surface area contributed by atoms with E-state index in [-0.39, 0.29) is 12.1 Å². The van der Waals surface area contributed by atoms with E-state index < -0.39 is 0 Å². The van der Waals surface area contributed by atoms with Crippen molar-refractivity contribution in [3.63, 3.8) is 0 Å². The van der Waals surface area contributed by atoms with Crippen LogP contribution in [-0.4, -0.2) is 28.4 Å². The molecular formula is C17H18N2O. The zero-order valence-corrected chi connectivity index (χ0v) is 11.5. The van der Waals surface area contributed by atoms with Gasteiger partial charge in [-0.2, -0.15) is 0 Å². The molecule has 102 valence electrons. The van der Waals surface area contributed by atoms with Gasteiger partial charge in [0.25, 0.3) is 0 Å². The van der Waals surface area contributed by atoms with Crippen molar-refractivity contribution in [3.8, 4) is 0 Å². The molecule has 3 rings (SSSR count). The van der Waals surface area contributed by atoms with Crippen LogP contribution in [-0.2, 0) is 0 Å². The number of oxime groups is 1. The molecule has 1 aliphatic heterocycles. The molecule has 0 aromatic heterocycles. The fraction of sp³-hybridized carbons (Fsp3) is 0.235. The summed E-state index contributed by atoms with van der Waals surface area (Å²) in [7, 11) is 0. The minimum Gasteiger partial charge on any atom is -0.411 e. The lowest BCUT2D eigenvalue weighted by Crippen LogP contribution is -2.56. The fourth-order valence-electron chi connectivity index (χ4n) is 2.81.